The molecule has 0 fully saturated rings. The summed E-state index contributed by atoms with van der Waals surface area (Å²) in [5.74, 6) is 1.95. The van der Waals surface area contributed by atoms with E-state index < -0.39 is 0 Å². The lowest BCUT2D eigenvalue weighted by Gasteiger charge is -2.11. The molecular weight excluding hydrogens is 597 g/mol. The summed E-state index contributed by atoms with van der Waals surface area (Å²) < 4.78 is 2.34. The second-order valence-corrected chi connectivity index (χ2v) is 12.1. The van der Waals surface area contributed by atoms with Crippen LogP contribution in [0.15, 0.2) is 182 Å². The van der Waals surface area contributed by atoms with Crippen molar-refractivity contribution >= 4 is 21.8 Å². The van der Waals surface area contributed by atoms with E-state index in [1.54, 1.807) is 0 Å². The summed E-state index contributed by atoms with van der Waals surface area (Å²) in [6.45, 7) is 0. The van der Waals surface area contributed by atoms with E-state index in [0.29, 0.717) is 17.5 Å². The van der Waals surface area contributed by atoms with E-state index in [1.165, 1.54) is 38.5 Å². The Morgan fingerprint density at radius 2 is 0.673 bits per heavy atom. The predicted octanol–water partition coefficient (Wildman–Crippen LogP) is 11.3. The molecule has 0 atom stereocenters. The minimum atomic E-state index is 0.643. The van der Waals surface area contributed by atoms with Gasteiger partial charge in [-0.05, 0) is 64.7 Å². The van der Waals surface area contributed by atoms with E-state index in [0.717, 1.165) is 27.9 Å². The zero-order chi connectivity index (χ0) is 32.6. The number of para-hydroxylation sites is 1. The van der Waals surface area contributed by atoms with Gasteiger partial charge in [0.2, 0.25) is 0 Å². The van der Waals surface area contributed by atoms with Crippen molar-refractivity contribution in [1.29, 1.82) is 0 Å². The summed E-state index contributed by atoms with van der Waals surface area (Å²) in [5.41, 5.74) is 11.1. The van der Waals surface area contributed by atoms with Gasteiger partial charge in [0, 0.05) is 33.2 Å². The van der Waals surface area contributed by atoms with Crippen LogP contribution < -0.4 is 0 Å². The van der Waals surface area contributed by atoms with Gasteiger partial charge >= 0.3 is 0 Å². The molecule has 4 nitrogen and oxygen atoms in total. The number of benzene rings is 7. The van der Waals surface area contributed by atoms with Gasteiger partial charge in [-0.2, -0.15) is 0 Å². The first-order valence-corrected chi connectivity index (χ1v) is 16.5. The quantitative estimate of drug-likeness (QED) is 0.184. The molecule has 2 heterocycles. The highest BCUT2D eigenvalue weighted by Crippen LogP contribution is 2.36. The first-order valence-electron chi connectivity index (χ1n) is 16.5. The van der Waals surface area contributed by atoms with Crippen LogP contribution >= 0.6 is 0 Å². The molecule has 0 aliphatic rings. The van der Waals surface area contributed by atoms with Gasteiger partial charge in [-0.1, -0.05) is 140 Å². The molecule has 0 saturated carbocycles. The van der Waals surface area contributed by atoms with Crippen molar-refractivity contribution in [2.75, 3.05) is 0 Å². The van der Waals surface area contributed by atoms with Crippen LogP contribution in [-0.4, -0.2) is 19.5 Å². The highest BCUT2D eigenvalue weighted by atomic mass is 15.0. The first kappa shape index (κ1) is 28.6. The SMILES string of the molecule is c1ccc(-c2ccc(-c3ccc4c(c3)c3ccccc3n4-c3ccc(-c4nc(-c5ccccc5)nc(-c5ccccc5)n4)cc3)cc2)cc1. The van der Waals surface area contributed by atoms with Crippen LogP contribution in [0.3, 0.4) is 0 Å². The Labute approximate surface area is 284 Å². The maximum Gasteiger partial charge on any atom is 0.164 e. The minimum absolute atomic E-state index is 0.643. The summed E-state index contributed by atoms with van der Waals surface area (Å²) in [6.07, 6.45) is 0. The molecular formula is C45H30N4. The molecule has 2 aromatic heterocycles. The number of fused-ring (bicyclic) bond motifs is 3. The van der Waals surface area contributed by atoms with Gasteiger partial charge in [0.1, 0.15) is 0 Å². The van der Waals surface area contributed by atoms with Crippen molar-refractivity contribution in [3.05, 3.63) is 182 Å². The molecule has 9 rings (SSSR count). The van der Waals surface area contributed by atoms with Crippen LogP contribution in [0.1, 0.15) is 0 Å². The van der Waals surface area contributed by atoms with Crippen molar-refractivity contribution in [2.45, 2.75) is 0 Å². The molecule has 0 aliphatic heterocycles. The first-order chi connectivity index (χ1) is 24.3. The van der Waals surface area contributed by atoms with Gasteiger partial charge in [-0.25, -0.2) is 15.0 Å². The highest BCUT2D eigenvalue weighted by molar-refractivity contribution is 6.10. The van der Waals surface area contributed by atoms with Crippen LogP contribution in [0, 0.1) is 0 Å². The number of nitrogens with zero attached hydrogens (tertiary/aromatic N) is 4. The molecule has 7 aromatic carbocycles. The number of hydrogen-bond donors (Lipinski definition) is 0. The summed E-state index contributed by atoms with van der Waals surface area (Å²) in [5, 5.41) is 2.45. The molecule has 0 aliphatic carbocycles. The van der Waals surface area contributed by atoms with Crippen molar-refractivity contribution in [1.82, 2.24) is 19.5 Å². The van der Waals surface area contributed by atoms with Crippen molar-refractivity contribution in [2.24, 2.45) is 0 Å². The molecule has 0 spiro atoms. The van der Waals surface area contributed by atoms with E-state index in [4.69, 9.17) is 15.0 Å². The Hall–Kier alpha value is -6.65. The third-order valence-electron chi connectivity index (χ3n) is 9.08. The molecule has 0 amide bonds. The third-order valence-corrected chi connectivity index (χ3v) is 9.08. The van der Waals surface area contributed by atoms with E-state index >= 15 is 0 Å². The van der Waals surface area contributed by atoms with Crippen molar-refractivity contribution in [3.63, 3.8) is 0 Å². The Morgan fingerprint density at radius 3 is 1.24 bits per heavy atom. The average molecular weight is 627 g/mol. The van der Waals surface area contributed by atoms with E-state index in [2.05, 4.69) is 126 Å². The van der Waals surface area contributed by atoms with E-state index in [9.17, 15) is 0 Å². The maximum absolute atomic E-state index is 4.92. The van der Waals surface area contributed by atoms with Crippen LogP contribution in [0.5, 0.6) is 0 Å². The third kappa shape index (κ3) is 5.35. The molecule has 0 saturated heterocycles. The van der Waals surface area contributed by atoms with E-state index in [-0.39, 0.29) is 0 Å². The zero-order valence-electron chi connectivity index (χ0n) is 26.6. The normalized spacial score (nSPS) is 11.3. The predicted molar refractivity (Wildman–Crippen MR) is 201 cm³/mol. The lowest BCUT2D eigenvalue weighted by Crippen LogP contribution is -2.00. The lowest BCUT2D eigenvalue weighted by atomic mass is 9.99. The summed E-state index contributed by atoms with van der Waals surface area (Å²) in [4.78, 5) is 14.7. The summed E-state index contributed by atoms with van der Waals surface area (Å²) >= 11 is 0. The molecule has 0 radical (unpaired) electrons. The van der Waals surface area contributed by atoms with Gasteiger partial charge in [-0.15, -0.1) is 0 Å². The topological polar surface area (TPSA) is 43.6 Å². The molecule has 0 N–H and O–H groups in total. The van der Waals surface area contributed by atoms with Gasteiger partial charge in [0.15, 0.2) is 17.5 Å². The number of rotatable bonds is 6. The average Bonchev–Trinajstić information content (AvgIpc) is 3.52. The number of aromatic nitrogens is 4. The molecule has 230 valence electrons. The molecule has 0 unspecified atom stereocenters. The second kappa shape index (κ2) is 12.2. The fourth-order valence-electron chi connectivity index (χ4n) is 6.61. The Morgan fingerprint density at radius 1 is 0.286 bits per heavy atom. The standard InChI is InChI=1S/C45H30N4/c1-4-12-31(13-5-1)32-20-22-33(23-21-32)37-26-29-42-40(30-37)39-18-10-11-19-41(39)49(42)38-27-24-36(25-28-38)45-47-43(34-14-6-2-7-15-34)46-44(48-45)35-16-8-3-9-17-35/h1-30H. The Kier molecular flexibility index (Phi) is 7.10. The van der Waals surface area contributed by atoms with Crippen LogP contribution in [0.25, 0.3) is 83.9 Å². The zero-order valence-corrected chi connectivity index (χ0v) is 26.6. The fourth-order valence-corrected chi connectivity index (χ4v) is 6.61. The monoisotopic (exact) mass is 626 g/mol. The Balaban J connectivity index is 1.11. The van der Waals surface area contributed by atoms with Crippen LogP contribution in [0.2, 0.25) is 0 Å². The molecule has 0 bridgehead atoms. The highest BCUT2D eigenvalue weighted by Gasteiger charge is 2.15. The molecule has 9 aromatic rings. The van der Waals surface area contributed by atoms with Crippen LogP contribution in [0.4, 0.5) is 0 Å². The lowest BCUT2D eigenvalue weighted by molar-refractivity contribution is 1.07. The number of hydrogen-bond acceptors (Lipinski definition) is 3. The van der Waals surface area contributed by atoms with E-state index in [1.807, 2.05) is 60.7 Å². The van der Waals surface area contributed by atoms with Crippen molar-refractivity contribution < 1.29 is 0 Å². The van der Waals surface area contributed by atoms with Gasteiger partial charge in [0.05, 0.1) is 11.0 Å². The summed E-state index contributed by atoms with van der Waals surface area (Å²) in [6, 6.07) is 63.5. The van der Waals surface area contributed by atoms with Crippen LogP contribution in [-0.2, 0) is 0 Å². The maximum atomic E-state index is 4.92. The smallest absolute Gasteiger partial charge is 0.164 e. The van der Waals surface area contributed by atoms with Gasteiger partial charge < -0.3 is 4.57 Å². The van der Waals surface area contributed by atoms with Crippen molar-refractivity contribution in [3.8, 4) is 62.1 Å². The Bertz CT molecular complexity index is 2500. The minimum Gasteiger partial charge on any atom is -0.309 e. The fraction of sp³-hybridized carbons (Fsp3) is 0. The van der Waals surface area contributed by atoms with Gasteiger partial charge in [-0.3, -0.25) is 0 Å². The molecule has 4 heteroatoms. The molecule has 49 heavy (non-hydrogen) atoms. The van der Waals surface area contributed by atoms with Gasteiger partial charge in [0.25, 0.3) is 0 Å². The second-order valence-electron chi connectivity index (χ2n) is 12.1. The summed E-state index contributed by atoms with van der Waals surface area (Å²) in [7, 11) is 0. The largest absolute Gasteiger partial charge is 0.309 e.